The van der Waals surface area contributed by atoms with Gasteiger partial charge in [-0.25, -0.2) is 23.8 Å². The molecular weight excluding hydrogens is 845 g/mol. The monoisotopic (exact) mass is 916 g/mol. The minimum absolute atomic E-state index is 0.0287. The molecule has 0 amide bonds. The summed E-state index contributed by atoms with van der Waals surface area (Å²) in [7, 11) is 0. The molecule has 2 aliphatic carbocycles. The highest BCUT2D eigenvalue weighted by Crippen LogP contribution is 2.46. The molecule has 2 atom stereocenters. The second-order valence-corrected chi connectivity index (χ2v) is 16.3. The van der Waals surface area contributed by atoms with Crippen molar-refractivity contribution in [3.8, 4) is 5.75 Å². The highest BCUT2D eigenvalue weighted by Gasteiger charge is 2.47. The molecule has 0 fully saturated rings. The fourth-order valence-electron chi connectivity index (χ4n) is 7.79. The van der Waals surface area contributed by atoms with Gasteiger partial charge in [-0.05, 0) is 89.2 Å². The standard InChI is InChI=1S/C52H70N2O12/c1-5-45(57)63-33-21-13-9-17-29-53(30-18-10-14-22-34-64-46(58)6-2)39-25-27-41(43(55)37-39)49-51(61)50(52(49)62)42-28-26-40(38-44(42)56)54(31-19-11-15-23-35-65-47(59)7-3)32-20-12-16-24-36-66-48(60)8-4/h5-8,25-28,37-38,41,49H,1-4,9-24,29-36H2,(H2,56,61,62)/p+1. The number of aliphatic hydroxyl groups is 2. The number of esters is 4. The first-order valence-corrected chi connectivity index (χ1v) is 23.4. The molecule has 360 valence electrons. The van der Waals surface area contributed by atoms with Gasteiger partial charge in [0.25, 0.3) is 0 Å². The van der Waals surface area contributed by atoms with Crippen LogP contribution in [-0.4, -0.2) is 108 Å². The number of ketones is 1. The largest absolute Gasteiger partial charge is 0.511 e. The number of ether oxygens (including phenoxy) is 4. The first kappa shape index (κ1) is 54.2. The molecule has 3 rings (SSSR count). The molecule has 0 aromatic heterocycles. The van der Waals surface area contributed by atoms with E-state index in [0.717, 1.165) is 138 Å². The molecule has 0 aliphatic heterocycles. The smallest absolute Gasteiger partial charge is 0.330 e. The average molecular weight is 916 g/mol. The highest BCUT2D eigenvalue weighted by atomic mass is 16.5. The Hall–Kier alpha value is -6.18. The maximum absolute atomic E-state index is 13.8. The molecule has 0 saturated heterocycles. The van der Waals surface area contributed by atoms with Gasteiger partial charge in [0.15, 0.2) is 5.78 Å². The van der Waals surface area contributed by atoms with Crippen molar-refractivity contribution < 1.29 is 62.8 Å². The third-order valence-corrected chi connectivity index (χ3v) is 11.5. The van der Waals surface area contributed by atoms with Gasteiger partial charge in [0.1, 0.15) is 30.4 Å². The third-order valence-electron chi connectivity index (χ3n) is 11.5. The van der Waals surface area contributed by atoms with E-state index in [-0.39, 0.29) is 34.2 Å². The highest BCUT2D eigenvalue weighted by molar-refractivity contribution is 6.30. The summed E-state index contributed by atoms with van der Waals surface area (Å²) in [6, 6.07) is 5.10. The molecule has 0 bridgehead atoms. The van der Waals surface area contributed by atoms with Crippen LogP contribution in [0.1, 0.15) is 108 Å². The topological polar surface area (TPSA) is 189 Å². The number of aromatic hydroxyl groups is 1. The molecule has 66 heavy (non-hydrogen) atoms. The summed E-state index contributed by atoms with van der Waals surface area (Å²) in [4.78, 5) is 61.3. The number of aliphatic hydroxyl groups excluding tert-OH is 2. The van der Waals surface area contributed by atoms with Crippen LogP contribution in [-0.2, 0) is 42.9 Å². The van der Waals surface area contributed by atoms with Crippen molar-refractivity contribution in [3.63, 3.8) is 0 Å². The van der Waals surface area contributed by atoms with Gasteiger partial charge in [0.05, 0.1) is 43.8 Å². The minimum Gasteiger partial charge on any atom is -0.511 e. The molecule has 0 heterocycles. The molecule has 2 unspecified atom stereocenters. The first-order valence-electron chi connectivity index (χ1n) is 23.4. The number of hydrogen-bond acceptors (Lipinski definition) is 13. The van der Waals surface area contributed by atoms with Gasteiger partial charge >= 0.3 is 23.9 Å². The van der Waals surface area contributed by atoms with Crippen LogP contribution >= 0.6 is 0 Å². The van der Waals surface area contributed by atoms with Gasteiger partial charge in [-0.15, -0.1) is 0 Å². The van der Waals surface area contributed by atoms with Crippen molar-refractivity contribution in [2.45, 2.75) is 103 Å². The Bertz CT molecular complexity index is 1890. The molecule has 0 radical (unpaired) electrons. The molecule has 2 aliphatic rings. The second kappa shape index (κ2) is 30.9. The van der Waals surface area contributed by atoms with Crippen molar-refractivity contribution >= 4 is 46.6 Å². The number of benzene rings is 1. The number of nitrogens with zero attached hydrogens (tertiary/aromatic N) is 2. The minimum atomic E-state index is -0.996. The van der Waals surface area contributed by atoms with Gasteiger partial charge in [-0.2, -0.15) is 0 Å². The fourth-order valence-corrected chi connectivity index (χ4v) is 7.79. The number of phenols is 1. The second-order valence-electron chi connectivity index (χ2n) is 16.3. The Labute approximate surface area is 390 Å². The van der Waals surface area contributed by atoms with Crippen molar-refractivity contribution in [1.82, 2.24) is 0 Å². The molecule has 1 aromatic carbocycles. The summed E-state index contributed by atoms with van der Waals surface area (Å²) in [5, 5.41) is 34.0. The summed E-state index contributed by atoms with van der Waals surface area (Å²) in [6.07, 6.45) is 23.4. The van der Waals surface area contributed by atoms with Gasteiger partial charge in [0.2, 0.25) is 5.71 Å². The number of carbonyl (C=O) groups is 5. The number of Topliss-reactive ketones (excluding diaryl/α,β-unsaturated/α-hetero) is 1. The van der Waals surface area contributed by atoms with E-state index in [4.69, 9.17) is 18.9 Å². The SMILES string of the molecule is C=CC(=O)OCCCCCCN(CCCCCCOC(=O)C=C)c1ccc(C2=C(O)C(C3C=CC(=[N+](CCCCCCOC(=O)C=C)CCCCCCOC(=O)C=C)C=C3O)C2=O)c(O)c1. The van der Waals surface area contributed by atoms with Crippen LogP contribution < -0.4 is 4.90 Å². The third kappa shape index (κ3) is 18.7. The number of phenolic OH excluding ortho intramolecular Hbond substituents is 1. The van der Waals surface area contributed by atoms with E-state index in [1.165, 1.54) is 0 Å². The van der Waals surface area contributed by atoms with Gasteiger partial charge in [-0.1, -0.05) is 45.2 Å². The summed E-state index contributed by atoms with van der Waals surface area (Å²) in [5.41, 5.74) is 1.81. The van der Waals surface area contributed by atoms with Crippen LogP contribution in [0.25, 0.3) is 5.57 Å². The van der Waals surface area contributed by atoms with Crippen molar-refractivity contribution in [1.29, 1.82) is 0 Å². The molecular formula is C52H71N2O12+. The molecule has 3 N–H and O–H groups in total. The van der Waals surface area contributed by atoms with Crippen LogP contribution in [0.3, 0.4) is 0 Å². The first-order chi connectivity index (χ1) is 31.9. The Balaban J connectivity index is 1.69. The van der Waals surface area contributed by atoms with Gasteiger partial charge in [-0.3, -0.25) is 4.79 Å². The Morgan fingerprint density at radius 2 is 1.03 bits per heavy atom. The number of unbranched alkanes of at least 4 members (excludes halogenated alkanes) is 12. The Kier molecular flexibility index (Phi) is 25.3. The van der Waals surface area contributed by atoms with Crippen molar-refractivity contribution in [2.24, 2.45) is 11.8 Å². The Morgan fingerprint density at radius 1 is 0.606 bits per heavy atom. The van der Waals surface area contributed by atoms with Crippen LogP contribution in [0.5, 0.6) is 5.75 Å². The Morgan fingerprint density at radius 3 is 1.42 bits per heavy atom. The number of allylic oxidation sites excluding steroid dienone is 5. The maximum Gasteiger partial charge on any atom is 0.330 e. The fraction of sp³-hybridized carbons (Fsp3) is 0.500. The molecule has 0 saturated carbocycles. The lowest BCUT2D eigenvalue weighted by molar-refractivity contribution is -0.527. The van der Waals surface area contributed by atoms with E-state index in [1.807, 2.05) is 12.1 Å². The van der Waals surface area contributed by atoms with E-state index in [1.54, 1.807) is 24.3 Å². The predicted molar refractivity (Wildman–Crippen MR) is 255 cm³/mol. The van der Waals surface area contributed by atoms with Crippen LogP contribution in [0, 0.1) is 11.8 Å². The van der Waals surface area contributed by atoms with Crippen LogP contribution in [0.4, 0.5) is 5.69 Å². The molecule has 14 heteroatoms. The maximum atomic E-state index is 13.8. The lowest BCUT2D eigenvalue weighted by Gasteiger charge is -2.33. The zero-order valence-electron chi connectivity index (χ0n) is 38.6. The number of rotatable bonds is 35. The van der Waals surface area contributed by atoms with Gasteiger partial charge < -0.3 is 39.2 Å². The predicted octanol–water partition coefficient (Wildman–Crippen LogP) is 8.91. The average Bonchev–Trinajstić information content (AvgIpc) is 3.32. The van der Waals surface area contributed by atoms with E-state index in [2.05, 4.69) is 35.8 Å². The van der Waals surface area contributed by atoms with Crippen LogP contribution in [0.2, 0.25) is 0 Å². The van der Waals surface area contributed by atoms with E-state index in [0.29, 0.717) is 52.6 Å². The van der Waals surface area contributed by atoms with E-state index >= 15 is 0 Å². The number of hydrogen-bond donors (Lipinski definition) is 3. The zero-order chi connectivity index (χ0) is 48.1. The quantitative estimate of drug-likeness (QED) is 0.0193. The normalized spacial score (nSPS) is 15.2. The summed E-state index contributed by atoms with van der Waals surface area (Å²) < 4.78 is 22.5. The number of anilines is 1. The van der Waals surface area contributed by atoms with Crippen molar-refractivity contribution in [2.75, 3.05) is 57.5 Å². The van der Waals surface area contributed by atoms with Crippen molar-refractivity contribution in [3.05, 3.63) is 104 Å². The lowest BCUT2D eigenvalue weighted by Crippen LogP contribution is -2.37. The zero-order valence-corrected chi connectivity index (χ0v) is 38.6. The van der Waals surface area contributed by atoms with E-state index in [9.17, 15) is 39.3 Å². The summed E-state index contributed by atoms with van der Waals surface area (Å²) in [5.74, 6) is -4.26. The summed E-state index contributed by atoms with van der Waals surface area (Å²) in [6.45, 7) is 17.8. The molecule has 0 spiro atoms. The lowest BCUT2D eigenvalue weighted by atomic mass is 9.70. The van der Waals surface area contributed by atoms with Gasteiger partial charge in [0, 0.05) is 79.7 Å². The molecule has 14 nitrogen and oxygen atoms in total. The molecule has 1 aromatic rings. The van der Waals surface area contributed by atoms with E-state index < -0.39 is 35.7 Å². The number of carbonyl (C=O) groups excluding carboxylic acids is 5. The summed E-state index contributed by atoms with van der Waals surface area (Å²) >= 11 is 0. The van der Waals surface area contributed by atoms with Crippen LogP contribution in [0.15, 0.2) is 98.6 Å².